The lowest BCUT2D eigenvalue weighted by Gasteiger charge is -2.17. The van der Waals surface area contributed by atoms with Gasteiger partial charge >= 0.3 is 0 Å². The number of fused-ring (bicyclic) bond motifs is 1. The summed E-state index contributed by atoms with van der Waals surface area (Å²) in [5.41, 5.74) is 4.05. The Labute approximate surface area is 185 Å². The Bertz CT molecular complexity index is 1360. The smallest absolute Gasteiger partial charge is 0.270 e. The molecule has 4 aromatic rings. The maximum Gasteiger partial charge on any atom is 0.270 e. The highest BCUT2D eigenvalue weighted by molar-refractivity contribution is 5.95. The number of aliphatic hydroxyl groups is 1. The summed E-state index contributed by atoms with van der Waals surface area (Å²) in [7, 11) is 0. The number of pyridine rings is 1. The Balaban J connectivity index is 1.89. The number of benzene rings is 1. The first kappa shape index (κ1) is 21.2. The van der Waals surface area contributed by atoms with Crippen molar-refractivity contribution >= 4 is 11.6 Å². The van der Waals surface area contributed by atoms with Gasteiger partial charge in [-0.3, -0.25) is 9.78 Å². The van der Waals surface area contributed by atoms with Crippen LogP contribution in [0.2, 0.25) is 0 Å². The highest BCUT2D eigenvalue weighted by atomic mass is 16.3. The summed E-state index contributed by atoms with van der Waals surface area (Å²) in [5, 5.41) is 26.6. The summed E-state index contributed by atoms with van der Waals surface area (Å²) in [6.45, 7) is 5.23. The van der Waals surface area contributed by atoms with Crippen molar-refractivity contribution < 1.29 is 9.90 Å². The molecule has 0 bridgehead atoms. The Morgan fingerprint density at radius 1 is 1.22 bits per heavy atom. The number of carbonyl (C=O) groups excluding carboxylic acids is 1. The van der Waals surface area contributed by atoms with E-state index in [9.17, 15) is 15.2 Å². The molecule has 0 atom stereocenters. The minimum Gasteiger partial charge on any atom is -0.389 e. The first-order valence-corrected chi connectivity index (χ1v) is 10.1. The Kier molecular flexibility index (Phi) is 5.43. The third kappa shape index (κ3) is 4.33. The number of rotatable bonds is 5. The van der Waals surface area contributed by atoms with Crippen LogP contribution in [0, 0.1) is 18.3 Å². The van der Waals surface area contributed by atoms with Crippen LogP contribution >= 0.6 is 0 Å². The number of nitrogens with zero attached hydrogens (tertiary/aromatic N) is 5. The van der Waals surface area contributed by atoms with Crippen molar-refractivity contribution in [3.63, 3.8) is 0 Å². The molecule has 1 aromatic carbocycles. The van der Waals surface area contributed by atoms with Gasteiger partial charge in [-0.15, -0.1) is 0 Å². The number of amides is 1. The monoisotopic (exact) mass is 426 g/mol. The van der Waals surface area contributed by atoms with E-state index in [0.717, 1.165) is 22.4 Å². The van der Waals surface area contributed by atoms with Crippen molar-refractivity contribution in [1.82, 2.24) is 24.9 Å². The molecule has 3 heterocycles. The molecule has 4 rings (SSSR count). The molecule has 0 fully saturated rings. The normalized spacial score (nSPS) is 11.3. The fourth-order valence-electron chi connectivity index (χ4n) is 3.35. The fourth-order valence-corrected chi connectivity index (χ4v) is 3.35. The number of aryl methyl sites for hydroxylation is 1. The Morgan fingerprint density at radius 2 is 2.03 bits per heavy atom. The van der Waals surface area contributed by atoms with E-state index in [2.05, 4.69) is 21.4 Å². The first-order chi connectivity index (χ1) is 15.2. The summed E-state index contributed by atoms with van der Waals surface area (Å²) < 4.78 is 1.62. The van der Waals surface area contributed by atoms with Crippen molar-refractivity contribution in [2.45, 2.75) is 26.4 Å². The van der Waals surface area contributed by atoms with E-state index in [1.165, 1.54) is 0 Å². The predicted octanol–water partition coefficient (Wildman–Crippen LogP) is 3.14. The van der Waals surface area contributed by atoms with E-state index in [1.54, 1.807) is 49.0 Å². The second-order valence-corrected chi connectivity index (χ2v) is 8.18. The van der Waals surface area contributed by atoms with Gasteiger partial charge in [0.1, 0.15) is 11.4 Å². The number of hydrogen-bond donors (Lipinski definition) is 2. The minimum absolute atomic E-state index is 0.0978. The number of hydrogen-bond acceptors (Lipinski definition) is 6. The number of nitriles is 1. The average molecular weight is 426 g/mol. The van der Waals surface area contributed by atoms with Gasteiger partial charge in [0.05, 0.1) is 22.8 Å². The van der Waals surface area contributed by atoms with E-state index < -0.39 is 5.60 Å². The van der Waals surface area contributed by atoms with Crippen molar-refractivity contribution in [1.29, 1.82) is 5.26 Å². The van der Waals surface area contributed by atoms with Crippen LogP contribution in [0.4, 0.5) is 0 Å². The van der Waals surface area contributed by atoms with Gasteiger partial charge in [-0.05, 0) is 56.7 Å². The summed E-state index contributed by atoms with van der Waals surface area (Å²) in [6, 6.07) is 14.7. The number of aromatic nitrogens is 4. The molecule has 0 saturated carbocycles. The summed E-state index contributed by atoms with van der Waals surface area (Å²) >= 11 is 0. The quantitative estimate of drug-likeness (QED) is 0.506. The van der Waals surface area contributed by atoms with Crippen LogP contribution < -0.4 is 5.32 Å². The van der Waals surface area contributed by atoms with Crippen LogP contribution in [-0.4, -0.2) is 42.7 Å². The van der Waals surface area contributed by atoms with Gasteiger partial charge in [-0.2, -0.15) is 10.4 Å². The molecular formula is C24H22N6O2. The van der Waals surface area contributed by atoms with E-state index in [1.807, 2.05) is 31.2 Å². The zero-order valence-corrected chi connectivity index (χ0v) is 18.0. The second kappa shape index (κ2) is 8.21. The predicted molar refractivity (Wildman–Crippen MR) is 120 cm³/mol. The van der Waals surface area contributed by atoms with Gasteiger partial charge in [0.25, 0.3) is 5.91 Å². The molecule has 0 aliphatic carbocycles. The largest absolute Gasteiger partial charge is 0.389 e. The molecule has 8 nitrogen and oxygen atoms in total. The highest BCUT2D eigenvalue weighted by Gasteiger charge is 2.21. The average Bonchev–Trinajstić information content (AvgIpc) is 3.16. The van der Waals surface area contributed by atoms with Crippen molar-refractivity contribution in [3.05, 3.63) is 71.8 Å². The Morgan fingerprint density at radius 3 is 2.75 bits per heavy atom. The van der Waals surface area contributed by atoms with Gasteiger partial charge in [-0.25, -0.2) is 9.50 Å². The van der Waals surface area contributed by atoms with E-state index >= 15 is 0 Å². The molecule has 8 heteroatoms. The molecule has 2 N–H and O–H groups in total. The molecule has 0 aliphatic rings. The standard InChI is InChI=1S/C24H22N6O2/c1-15-11-17(7-9-26-15)20-21(18-6-4-5-16(12-18)13-25)29-30-10-8-19(28-22(20)30)23(31)27-14-24(2,3)32/h4-12,32H,14H2,1-3H3,(H,27,31). The molecule has 0 radical (unpaired) electrons. The topological polar surface area (TPSA) is 116 Å². The molecule has 1 amide bonds. The van der Waals surface area contributed by atoms with Gasteiger partial charge in [0.15, 0.2) is 5.65 Å². The molecule has 32 heavy (non-hydrogen) atoms. The molecule has 0 unspecified atom stereocenters. The zero-order valence-electron chi connectivity index (χ0n) is 18.0. The maximum absolute atomic E-state index is 12.6. The molecule has 0 spiro atoms. The molecule has 0 saturated heterocycles. The van der Waals surface area contributed by atoms with E-state index in [0.29, 0.717) is 16.9 Å². The molecule has 160 valence electrons. The van der Waals surface area contributed by atoms with Gasteiger partial charge < -0.3 is 10.4 Å². The van der Waals surface area contributed by atoms with Crippen LogP contribution in [0.5, 0.6) is 0 Å². The van der Waals surface area contributed by atoms with E-state index in [4.69, 9.17) is 5.10 Å². The molecule has 3 aromatic heterocycles. The van der Waals surface area contributed by atoms with E-state index in [-0.39, 0.29) is 18.1 Å². The van der Waals surface area contributed by atoms with Gasteiger partial charge in [0, 0.05) is 30.2 Å². The number of nitrogens with one attached hydrogen (secondary N) is 1. The lowest BCUT2D eigenvalue weighted by molar-refractivity contribution is 0.0692. The SMILES string of the molecule is Cc1cc(-c2c(-c3cccc(C#N)c3)nn3ccc(C(=O)NCC(C)(C)O)nc23)ccn1. The lowest BCUT2D eigenvalue weighted by Crippen LogP contribution is -2.38. The van der Waals surface area contributed by atoms with Crippen molar-refractivity contribution in [2.75, 3.05) is 6.54 Å². The van der Waals surface area contributed by atoms with Crippen LogP contribution in [0.15, 0.2) is 54.9 Å². The number of carbonyl (C=O) groups is 1. The molecular weight excluding hydrogens is 404 g/mol. The minimum atomic E-state index is -1.03. The highest BCUT2D eigenvalue weighted by Crippen LogP contribution is 2.34. The van der Waals surface area contributed by atoms with Crippen LogP contribution in [0.3, 0.4) is 0 Å². The van der Waals surface area contributed by atoms with Crippen molar-refractivity contribution in [2.24, 2.45) is 0 Å². The Hall–Kier alpha value is -4.09. The lowest BCUT2D eigenvalue weighted by atomic mass is 10.00. The van der Waals surface area contributed by atoms with Crippen molar-refractivity contribution in [3.8, 4) is 28.5 Å². The first-order valence-electron chi connectivity index (χ1n) is 10.1. The van der Waals surface area contributed by atoms with Crippen LogP contribution in [0.25, 0.3) is 28.0 Å². The third-order valence-electron chi connectivity index (χ3n) is 4.85. The van der Waals surface area contributed by atoms with Gasteiger partial charge in [-0.1, -0.05) is 12.1 Å². The summed E-state index contributed by atoms with van der Waals surface area (Å²) in [4.78, 5) is 21.5. The fraction of sp³-hybridized carbons (Fsp3) is 0.208. The summed E-state index contributed by atoms with van der Waals surface area (Å²) in [6.07, 6.45) is 3.39. The van der Waals surface area contributed by atoms with Gasteiger partial charge in [0.2, 0.25) is 0 Å². The second-order valence-electron chi connectivity index (χ2n) is 8.18. The third-order valence-corrected chi connectivity index (χ3v) is 4.85. The van der Waals surface area contributed by atoms with Crippen LogP contribution in [-0.2, 0) is 0 Å². The molecule has 0 aliphatic heterocycles. The maximum atomic E-state index is 12.6. The zero-order chi connectivity index (χ0) is 22.9. The summed E-state index contributed by atoms with van der Waals surface area (Å²) in [5.74, 6) is -0.388. The van der Waals surface area contributed by atoms with Crippen LogP contribution in [0.1, 0.15) is 35.6 Å².